The maximum atomic E-state index is 2.39. The van der Waals surface area contributed by atoms with E-state index in [9.17, 15) is 0 Å². The van der Waals surface area contributed by atoms with Crippen LogP contribution < -0.4 is 0 Å². The van der Waals surface area contributed by atoms with Gasteiger partial charge in [0.15, 0.2) is 0 Å². The maximum absolute atomic E-state index is 2.39. The molecule has 0 N–H and O–H groups in total. The first-order chi connectivity index (χ1) is 14.2. The van der Waals surface area contributed by atoms with Crippen LogP contribution in [0.15, 0.2) is 0 Å². The van der Waals surface area contributed by atoms with Crippen molar-refractivity contribution in [3.05, 3.63) is 0 Å². The van der Waals surface area contributed by atoms with Crippen LogP contribution in [-0.2, 0) is 0 Å². The highest BCUT2D eigenvalue weighted by Crippen LogP contribution is 2.61. The second-order valence-corrected chi connectivity index (χ2v) is 14.4. The van der Waals surface area contributed by atoms with Crippen molar-refractivity contribution in [3.63, 3.8) is 0 Å². The number of unbranched alkanes of at least 4 members (excludes halogenated alkanes) is 16. The van der Waals surface area contributed by atoms with Crippen LogP contribution in [0.2, 0.25) is 0 Å². The van der Waals surface area contributed by atoms with Gasteiger partial charge >= 0.3 is 0 Å². The van der Waals surface area contributed by atoms with Crippen LogP contribution in [0.5, 0.6) is 0 Å². The predicted molar refractivity (Wildman–Crippen MR) is 153 cm³/mol. The molecule has 1 atom stereocenters. The molecule has 0 aliphatic carbocycles. The molecule has 0 heterocycles. The van der Waals surface area contributed by atoms with Crippen LogP contribution in [0.3, 0.4) is 0 Å². The van der Waals surface area contributed by atoms with Crippen LogP contribution in [-0.4, -0.2) is 24.6 Å². The minimum absolute atomic E-state index is 0. The Kier molecular flexibility index (Phi) is 28.8. The summed E-state index contributed by atoms with van der Waals surface area (Å²) in [7, 11) is -0.630. The van der Waals surface area contributed by atoms with Crippen molar-refractivity contribution in [2.75, 3.05) is 24.6 Å². The summed E-state index contributed by atoms with van der Waals surface area (Å²) in [5.74, 6) is 0. The second-order valence-electron chi connectivity index (χ2n) is 9.89. The Morgan fingerprint density at radius 3 is 0.833 bits per heavy atom. The van der Waals surface area contributed by atoms with E-state index >= 15 is 0 Å². The van der Waals surface area contributed by atoms with Gasteiger partial charge in [-0.25, -0.2) is 0 Å². The molecule has 0 rings (SSSR count). The quantitative estimate of drug-likeness (QED) is 0.0990. The van der Waals surface area contributed by atoms with E-state index in [0.717, 1.165) is 0 Å². The van der Waals surface area contributed by atoms with Crippen molar-refractivity contribution in [2.24, 2.45) is 0 Å². The standard InChI is InChI=1S/C28H60P.H3P/c1-5-9-13-14-15-16-17-18-19-20-21-22-23-24-28-29(25-10-6-2,26-11-7-3)27-12-8-4;/h5-28H2,1-4H3;1H3/q+1;. The van der Waals surface area contributed by atoms with E-state index < -0.39 is 7.26 Å². The molecule has 1 unspecified atom stereocenters. The Morgan fingerprint density at radius 2 is 0.533 bits per heavy atom. The third kappa shape index (κ3) is 20.7. The molecule has 0 saturated heterocycles. The number of hydrogen-bond donors (Lipinski definition) is 0. The summed E-state index contributed by atoms with van der Waals surface area (Å²) in [6, 6.07) is 0. The minimum Gasteiger partial charge on any atom is -0.153 e. The molecule has 0 aromatic heterocycles. The first-order valence-electron chi connectivity index (χ1n) is 14.1. The molecular formula is C28H63P2+. The van der Waals surface area contributed by atoms with Crippen molar-refractivity contribution in [3.8, 4) is 0 Å². The summed E-state index contributed by atoms with van der Waals surface area (Å²) in [4.78, 5) is 0. The Morgan fingerprint density at radius 1 is 0.300 bits per heavy atom. The molecule has 0 bridgehead atoms. The van der Waals surface area contributed by atoms with Gasteiger partial charge in [-0.05, 0) is 32.1 Å². The van der Waals surface area contributed by atoms with E-state index in [1.54, 1.807) is 31.1 Å². The van der Waals surface area contributed by atoms with Crippen molar-refractivity contribution < 1.29 is 0 Å². The molecule has 0 spiro atoms. The van der Waals surface area contributed by atoms with E-state index in [1.165, 1.54) is 122 Å². The van der Waals surface area contributed by atoms with Crippen LogP contribution in [0.4, 0.5) is 0 Å². The van der Waals surface area contributed by atoms with Crippen LogP contribution in [0.1, 0.15) is 156 Å². The van der Waals surface area contributed by atoms with Gasteiger partial charge in [-0.3, -0.25) is 0 Å². The van der Waals surface area contributed by atoms with Gasteiger partial charge in [-0.2, -0.15) is 9.90 Å². The SMILES string of the molecule is CCCCCCCCCCCCCCCC[P+](CCCC)(CCCC)CCCC.P. The second kappa shape index (κ2) is 26.1. The molecule has 184 valence electrons. The van der Waals surface area contributed by atoms with Crippen molar-refractivity contribution in [2.45, 2.75) is 156 Å². The zero-order valence-electron chi connectivity index (χ0n) is 22.1. The molecule has 0 aromatic carbocycles. The summed E-state index contributed by atoms with van der Waals surface area (Å²) < 4.78 is 0. The highest BCUT2D eigenvalue weighted by molar-refractivity contribution is 7.75. The van der Waals surface area contributed by atoms with E-state index in [-0.39, 0.29) is 9.90 Å². The summed E-state index contributed by atoms with van der Waals surface area (Å²) in [5, 5.41) is 0. The predicted octanol–water partition coefficient (Wildman–Crippen LogP) is 10.9. The zero-order valence-corrected chi connectivity index (χ0v) is 24.4. The van der Waals surface area contributed by atoms with Crippen LogP contribution in [0, 0.1) is 0 Å². The Balaban J connectivity index is 0. The molecule has 0 aliphatic heterocycles. The van der Waals surface area contributed by atoms with Crippen molar-refractivity contribution in [1.29, 1.82) is 0 Å². The van der Waals surface area contributed by atoms with Crippen LogP contribution >= 0.6 is 17.2 Å². The molecule has 0 aliphatic rings. The van der Waals surface area contributed by atoms with Crippen molar-refractivity contribution in [1.82, 2.24) is 0 Å². The summed E-state index contributed by atoms with van der Waals surface area (Å²) in [5.41, 5.74) is 0. The van der Waals surface area contributed by atoms with Gasteiger partial charge in [0, 0.05) is 7.26 Å². The van der Waals surface area contributed by atoms with Gasteiger partial charge in [-0.15, -0.1) is 0 Å². The minimum atomic E-state index is -0.630. The van der Waals surface area contributed by atoms with Gasteiger partial charge < -0.3 is 0 Å². The monoisotopic (exact) mass is 461 g/mol. The van der Waals surface area contributed by atoms with Gasteiger partial charge in [0.25, 0.3) is 0 Å². The molecule has 0 saturated carbocycles. The Labute approximate surface area is 197 Å². The van der Waals surface area contributed by atoms with Gasteiger partial charge in [0.1, 0.15) is 0 Å². The largest absolute Gasteiger partial charge is 0.153 e. The van der Waals surface area contributed by atoms with Gasteiger partial charge in [0.05, 0.1) is 24.6 Å². The van der Waals surface area contributed by atoms with Gasteiger partial charge in [0.2, 0.25) is 0 Å². The van der Waals surface area contributed by atoms with Crippen LogP contribution in [0.25, 0.3) is 0 Å². The van der Waals surface area contributed by atoms with E-state index in [1.807, 2.05) is 0 Å². The average Bonchev–Trinajstić information content (AvgIpc) is 2.74. The molecule has 0 amide bonds. The molecule has 0 nitrogen and oxygen atoms in total. The lowest BCUT2D eigenvalue weighted by atomic mass is 10.0. The fraction of sp³-hybridized carbons (Fsp3) is 1.00. The zero-order chi connectivity index (χ0) is 21.5. The lowest BCUT2D eigenvalue weighted by Crippen LogP contribution is -2.13. The fourth-order valence-electron chi connectivity index (χ4n) is 4.79. The lowest BCUT2D eigenvalue weighted by molar-refractivity contribution is 0.538. The molecule has 0 aromatic rings. The smallest absolute Gasteiger partial charge is 0.0594 e. The summed E-state index contributed by atoms with van der Waals surface area (Å²) in [6.45, 7) is 9.48. The summed E-state index contributed by atoms with van der Waals surface area (Å²) >= 11 is 0. The molecular weight excluding hydrogens is 398 g/mol. The first-order valence-corrected chi connectivity index (χ1v) is 16.6. The average molecular weight is 462 g/mol. The lowest BCUT2D eigenvalue weighted by Gasteiger charge is -2.28. The first kappa shape index (κ1) is 33.0. The van der Waals surface area contributed by atoms with E-state index in [4.69, 9.17) is 0 Å². The third-order valence-electron chi connectivity index (χ3n) is 6.94. The highest BCUT2D eigenvalue weighted by atomic mass is 31.2. The topological polar surface area (TPSA) is 0 Å². The summed E-state index contributed by atoms with van der Waals surface area (Å²) in [6.07, 6.45) is 36.0. The number of hydrogen-bond acceptors (Lipinski definition) is 0. The number of rotatable bonds is 24. The maximum Gasteiger partial charge on any atom is 0.0594 e. The normalized spacial score (nSPS) is 11.6. The Hall–Kier alpha value is 0.860. The van der Waals surface area contributed by atoms with E-state index in [2.05, 4.69) is 27.7 Å². The molecule has 2 heteroatoms. The molecule has 30 heavy (non-hydrogen) atoms. The van der Waals surface area contributed by atoms with Gasteiger partial charge in [-0.1, -0.05) is 124 Å². The third-order valence-corrected chi connectivity index (χ3v) is 12.0. The Bertz CT molecular complexity index is 281. The molecule has 0 fully saturated rings. The van der Waals surface area contributed by atoms with E-state index in [0.29, 0.717) is 0 Å². The highest BCUT2D eigenvalue weighted by Gasteiger charge is 2.34. The molecule has 0 radical (unpaired) electrons. The fourth-order valence-corrected chi connectivity index (χ4v) is 9.99. The van der Waals surface area contributed by atoms with Crippen molar-refractivity contribution >= 4 is 17.2 Å².